The van der Waals surface area contributed by atoms with Gasteiger partial charge in [-0.15, -0.1) is 0 Å². The molecule has 0 bridgehead atoms. The third-order valence-corrected chi connectivity index (χ3v) is 6.97. The summed E-state index contributed by atoms with van der Waals surface area (Å²) in [7, 11) is 1.37. The van der Waals surface area contributed by atoms with E-state index in [1.54, 1.807) is 0 Å². The monoisotopic (exact) mass is 492 g/mol. The first kappa shape index (κ1) is 24.1. The SMILES string of the molecule is CCc1ccc(C2NC(=O)NC(CN3CCN(Cc4ccc5c(c4)OCO5)CC3)=C2C(=O)OC)cc1. The molecular weight excluding hydrogens is 460 g/mol. The fraction of sp³-hybridized carbons (Fsp3) is 0.407. The maximum absolute atomic E-state index is 12.9. The molecule has 5 rings (SSSR count). The van der Waals surface area contributed by atoms with Gasteiger partial charge in [-0.25, -0.2) is 9.59 Å². The Kier molecular flexibility index (Phi) is 7.11. The lowest BCUT2D eigenvalue weighted by Gasteiger charge is -2.37. The lowest BCUT2D eigenvalue weighted by atomic mass is 9.94. The summed E-state index contributed by atoms with van der Waals surface area (Å²) >= 11 is 0. The molecule has 9 heteroatoms. The van der Waals surface area contributed by atoms with Crippen molar-refractivity contribution in [2.75, 3.05) is 46.6 Å². The van der Waals surface area contributed by atoms with Crippen LogP contribution >= 0.6 is 0 Å². The highest BCUT2D eigenvalue weighted by molar-refractivity contribution is 5.95. The average molecular weight is 493 g/mol. The van der Waals surface area contributed by atoms with Crippen molar-refractivity contribution in [1.29, 1.82) is 0 Å². The zero-order valence-electron chi connectivity index (χ0n) is 20.7. The second-order valence-corrected chi connectivity index (χ2v) is 9.25. The van der Waals surface area contributed by atoms with Gasteiger partial charge < -0.3 is 24.8 Å². The third kappa shape index (κ3) is 5.17. The molecule has 2 amide bonds. The predicted molar refractivity (Wildman–Crippen MR) is 134 cm³/mol. The summed E-state index contributed by atoms with van der Waals surface area (Å²) in [5, 5.41) is 5.77. The van der Waals surface area contributed by atoms with Gasteiger partial charge >= 0.3 is 12.0 Å². The molecule has 9 nitrogen and oxygen atoms in total. The first-order valence-corrected chi connectivity index (χ1v) is 12.3. The van der Waals surface area contributed by atoms with Crippen molar-refractivity contribution >= 4 is 12.0 Å². The minimum atomic E-state index is -0.556. The lowest BCUT2D eigenvalue weighted by molar-refractivity contribution is -0.136. The van der Waals surface area contributed by atoms with E-state index in [2.05, 4.69) is 33.4 Å². The quantitative estimate of drug-likeness (QED) is 0.574. The molecule has 0 aromatic heterocycles. The number of methoxy groups -OCH3 is 1. The Morgan fingerprint density at radius 2 is 1.64 bits per heavy atom. The highest BCUT2D eigenvalue weighted by atomic mass is 16.7. The molecule has 2 aromatic rings. The minimum Gasteiger partial charge on any atom is -0.466 e. The Balaban J connectivity index is 1.27. The van der Waals surface area contributed by atoms with E-state index in [1.807, 2.05) is 36.4 Å². The second kappa shape index (κ2) is 10.6. The number of aryl methyl sites for hydroxylation is 1. The van der Waals surface area contributed by atoms with Crippen molar-refractivity contribution in [3.63, 3.8) is 0 Å². The largest absolute Gasteiger partial charge is 0.466 e. The summed E-state index contributed by atoms with van der Waals surface area (Å²) in [6.45, 7) is 7.07. The first-order valence-electron chi connectivity index (χ1n) is 12.3. The van der Waals surface area contributed by atoms with Gasteiger partial charge in [0.1, 0.15) is 0 Å². The highest BCUT2D eigenvalue weighted by Gasteiger charge is 2.34. The Hall–Kier alpha value is -3.56. The van der Waals surface area contributed by atoms with Crippen LogP contribution < -0.4 is 20.1 Å². The van der Waals surface area contributed by atoms with E-state index in [-0.39, 0.29) is 12.8 Å². The zero-order valence-corrected chi connectivity index (χ0v) is 20.7. The van der Waals surface area contributed by atoms with Gasteiger partial charge in [0.05, 0.1) is 18.7 Å². The van der Waals surface area contributed by atoms with Crippen LogP contribution in [0, 0.1) is 0 Å². The number of benzene rings is 2. The molecule has 3 heterocycles. The van der Waals surface area contributed by atoms with Crippen LogP contribution in [-0.2, 0) is 22.5 Å². The molecule has 3 aliphatic heterocycles. The van der Waals surface area contributed by atoms with Crippen LogP contribution in [0.2, 0.25) is 0 Å². The zero-order chi connectivity index (χ0) is 25.1. The number of piperazine rings is 1. The van der Waals surface area contributed by atoms with Crippen molar-refractivity contribution in [2.45, 2.75) is 25.9 Å². The van der Waals surface area contributed by atoms with Crippen LogP contribution in [0.5, 0.6) is 11.5 Å². The van der Waals surface area contributed by atoms with Crippen LogP contribution in [0.4, 0.5) is 4.79 Å². The van der Waals surface area contributed by atoms with Crippen LogP contribution in [0.15, 0.2) is 53.7 Å². The molecule has 0 radical (unpaired) electrons. The topological polar surface area (TPSA) is 92.4 Å². The maximum atomic E-state index is 12.9. The van der Waals surface area contributed by atoms with Gasteiger partial charge in [-0.3, -0.25) is 9.80 Å². The lowest BCUT2D eigenvalue weighted by Crippen LogP contribution is -2.51. The summed E-state index contributed by atoms with van der Waals surface area (Å²) < 4.78 is 16.0. The number of nitrogens with zero attached hydrogens (tertiary/aromatic N) is 2. The van der Waals surface area contributed by atoms with E-state index in [9.17, 15) is 9.59 Å². The summed E-state index contributed by atoms with van der Waals surface area (Å²) in [6, 6.07) is 13.2. The minimum absolute atomic E-state index is 0.276. The molecule has 2 N–H and O–H groups in total. The van der Waals surface area contributed by atoms with Gasteiger partial charge in [-0.2, -0.15) is 0 Å². The molecule has 0 aliphatic carbocycles. The molecule has 3 aliphatic rings. The summed E-state index contributed by atoms with van der Waals surface area (Å²) in [6.07, 6.45) is 0.921. The average Bonchev–Trinajstić information content (AvgIpc) is 3.37. The van der Waals surface area contributed by atoms with E-state index in [0.717, 1.165) is 56.2 Å². The molecular formula is C27H32N4O5. The van der Waals surface area contributed by atoms with Gasteiger partial charge in [0.15, 0.2) is 11.5 Å². The van der Waals surface area contributed by atoms with Gasteiger partial charge in [0, 0.05) is 45.0 Å². The Morgan fingerprint density at radius 3 is 2.33 bits per heavy atom. The van der Waals surface area contributed by atoms with Crippen molar-refractivity contribution in [2.24, 2.45) is 0 Å². The Morgan fingerprint density at radius 1 is 0.972 bits per heavy atom. The number of esters is 1. The fourth-order valence-corrected chi connectivity index (χ4v) is 4.92. The number of hydrogen-bond acceptors (Lipinski definition) is 7. The van der Waals surface area contributed by atoms with Crippen molar-refractivity contribution in [3.8, 4) is 11.5 Å². The van der Waals surface area contributed by atoms with Crippen molar-refractivity contribution in [3.05, 3.63) is 70.4 Å². The Labute approximate surface area is 211 Å². The predicted octanol–water partition coefficient (Wildman–Crippen LogP) is 2.58. The van der Waals surface area contributed by atoms with E-state index < -0.39 is 12.0 Å². The van der Waals surface area contributed by atoms with Crippen LogP contribution in [0.25, 0.3) is 0 Å². The summed E-state index contributed by atoms with van der Waals surface area (Å²) in [4.78, 5) is 30.1. The molecule has 1 atom stereocenters. The summed E-state index contributed by atoms with van der Waals surface area (Å²) in [5.41, 5.74) is 4.28. The van der Waals surface area contributed by atoms with E-state index in [4.69, 9.17) is 14.2 Å². The molecule has 0 spiro atoms. The van der Waals surface area contributed by atoms with Gasteiger partial charge in [-0.05, 0) is 35.2 Å². The van der Waals surface area contributed by atoms with Crippen molar-refractivity contribution in [1.82, 2.24) is 20.4 Å². The molecule has 1 unspecified atom stereocenters. The Bertz CT molecular complexity index is 1160. The molecule has 0 saturated carbocycles. The number of urea groups is 1. The highest BCUT2D eigenvalue weighted by Crippen LogP contribution is 2.33. The number of nitrogens with one attached hydrogen (secondary N) is 2. The maximum Gasteiger partial charge on any atom is 0.338 e. The number of fused-ring (bicyclic) bond motifs is 1. The molecule has 1 saturated heterocycles. The molecule has 1 fully saturated rings. The number of carbonyl (C=O) groups excluding carboxylic acids is 2. The normalized spacial score (nSPS) is 20.2. The van der Waals surface area contributed by atoms with Crippen molar-refractivity contribution < 1.29 is 23.8 Å². The first-order chi connectivity index (χ1) is 17.5. The van der Waals surface area contributed by atoms with E-state index in [1.165, 1.54) is 18.2 Å². The van der Waals surface area contributed by atoms with Gasteiger partial charge in [0.2, 0.25) is 6.79 Å². The second-order valence-electron chi connectivity index (χ2n) is 9.25. The van der Waals surface area contributed by atoms with E-state index >= 15 is 0 Å². The number of amides is 2. The number of ether oxygens (including phenoxy) is 3. The molecule has 190 valence electrons. The van der Waals surface area contributed by atoms with Crippen LogP contribution in [-0.4, -0.2) is 68.4 Å². The number of hydrogen-bond donors (Lipinski definition) is 2. The standard InChI is InChI=1S/C27H32N4O5/c1-3-18-4-7-20(8-5-18)25-24(26(32)34-2)21(28-27(33)29-25)16-31-12-10-30(11-13-31)15-19-6-9-22-23(14-19)36-17-35-22/h4-9,14,25H,3,10-13,15-17H2,1-2H3,(H2,28,29,33). The van der Waals surface area contributed by atoms with Crippen LogP contribution in [0.1, 0.15) is 29.7 Å². The van der Waals surface area contributed by atoms with E-state index in [0.29, 0.717) is 17.8 Å². The fourth-order valence-electron chi connectivity index (χ4n) is 4.92. The van der Waals surface area contributed by atoms with Gasteiger partial charge in [-0.1, -0.05) is 37.3 Å². The smallest absolute Gasteiger partial charge is 0.338 e. The third-order valence-electron chi connectivity index (χ3n) is 6.97. The summed E-state index contributed by atoms with van der Waals surface area (Å²) in [5.74, 6) is 1.15. The number of carbonyl (C=O) groups is 2. The van der Waals surface area contributed by atoms with Gasteiger partial charge in [0.25, 0.3) is 0 Å². The molecule has 2 aromatic carbocycles. The van der Waals surface area contributed by atoms with Crippen LogP contribution in [0.3, 0.4) is 0 Å². The molecule has 36 heavy (non-hydrogen) atoms. The number of rotatable bonds is 7.